The molecule has 68 valence electrons. The Kier molecular flexibility index (Phi) is 2.19. The highest BCUT2D eigenvalue weighted by Gasteiger charge is 2.06. The molecule has 3 heteroatoms. The molecule has 0 aliphatic heterocycles. The molecule has 0 N–H and O–H groups in total. The Labute approximate surface area is 81.2 Å². The van der Waals surface area contributed by atoms with Gasteiger partial charge in [0.2, 0.25) is 0 Å². The summed E-state index contributed by atoms with van der Waals surface area (Å²) in [5.74, 6) is 0.926. The zero-order valence-corrected chi connectivity index (χ0v) is 8.52. The Morgan fingerprint density at radius 1 is 1.46 bits per heavy atom. The third-order valence-electron chi connectivity index (χ3n) is 1.95. The molecule has 2 aromatic rings. The van der Waals surface area contributed by atoms with E-state index in [1.807, 2.05) is 18.2 Å². The maximum Gasteiger partial charge on any atom is 0.138 e. The second-order valence-corrected chi connectivity index (χ2v) is 3.85. The van der Waals surface area contributed by atoms with Crippen LogP contribution in [0.25, 0.3) is 10.2 Å². The fourth-order valence-electron chi connectivity index (χ4n) is 1.28. The molecule has 0 radical (unpaired) electrons. The minimum absolute atomic E-state index is 0.926. The van der Waals surface area contributed by atoms with E-state index in [1.54, 1.807) is 18.4 Å². The minimum atomic E-state index is 0.926. The number of rotatable bonds is 2. The zero-order valence-electron chi connectivity index (χ0n) is 7.70. The van der Waals surface area contributed by atoms with E-state index in [9.17, 15) is 0 Å². The van der Waals surface area contributed by atoms with Crippen LogP contribution in [-0.2, 0) is 6.42 Å². The van der Waals surface area contributed by atoms with E-state index < -0.39 is 0 Å². The summed E-state index contributed by atoms with van der Waals surface area (Å²) < 4.78 is 6.41. The van der Waals surface area contributed by atoms with Crippen LogP contribution in [-0.4, -0.2) is 12.1 Å². The molecule has 1 heterocycles. The molecule has 0 aliphatic rings. The van der Waals surface area contributed by atoms with E-state index in [2.05, 4.69) is 11.9 Å². The van der Waals surface area contributed by atoms with Gasteiger partial charge in [0, 0.05) is 0 Å². The standard InChI is InChI=1S/C10H11NOS/c1-3-9-11-7-5-4-6-8(12-2)10(7)13-9/h4-6H,3H2,1-2H3. The van der Waals surface area contributed by atoms with Gasteiger partial charge in [-0.25, -0.2) is 4.98 Å². The molecule has 0 saturated carbocycles. The number of hydrogen-bond acceptors (Lipinski definition) is 3. The van der Waals surface area contributed by atoms with Crippen LogP contribution in [0.2, 0.25) is 0 Å². The number of methoxy groups -OCH3 is 1. The average molecular weight is 193 g/mol. The van der Waals surface area contributed by atoms with Crippen LogP contribution in [0.5, 0.6) is 5.75 Å². The number of nitrogens with zero attached hydrogens (tertiary/aromatic N) is 1. The van der Waals surface area contributed by atoms with E-state index in [-0.39, 0.29) is 0 Å². The monoisotopic (exact) mass is 193 g/mol. The van der Waals surface area contributed by atoms with Gasteiger partial charge in [-0.3, -0.25) is 0 Å². The van der Waals surface area contributed by atoms with Crippen molar-refractivity contribution in [3.05, 3.63) is 23.2 Å². The summed E-state index contributed by atoms with van der Waals surface area (Å²) in [5.41, 5.74) is 1.04. The van der Waals surface area contributed by atoms with Gasteiger partial charge >= 0.3 is 0 Å². The lowest BCUT2D eigenvalue weighted by Crippen LogP contribution is -1.81. The Morgan fingerprint density at radius 3 is 3.00 bits per heavy atom. The summed E-state index contributed by atoms with van der Waals surface area (Å²) >= 11 is 1.71. The van der Waals surface area contributed by atoms with Crippen LogP contribution in [0.1, 0.15) is 11.9 Å². The van der Waals surface area contributed by atoms with Crippen molar-refractivity contribution in [1.29, 1.82) is 0 Å². The number of hydrogen-bond donors (Lipinski definition) is 0. The largest absolute Gasteiger partial charge is 0.495 e. The maximum absolute atomic E-state index is 5.26. The summed E-state index contributed by atoms with van der Waals surface area (Å²) in [5, 5.41) is 1.17. The minimum Gasteiger partial charge on any atom is -0.495 e. The molecule has 0 saturated heterocycles. The first-order chi connectivity index (χ1) is 6.35. The molecule has 0 fully saturated rings. The highest BCUT2D eigenvalue weighted by molar-refractivity contribution is 7.19. The number of fused-ring (bicyclic) bond motifs is 1. The second-order valence-electron chi connectivity index (χ2n) is 2.77. The highest BCUT2D eigenvalue weighted by atomic mass is 32.1. The van der Waals surface area contributed by atoms with Crippen LogP contribution in [0, 0.1) is 0 Å². The van der Waals surface area contributed by atoms with Gasteiger partial charge in [-0.2, -0.15) is 0 Å². The first kappa shape index (κ1) is 8.51. The smallest absolute Gasteiger partial charge is 0.138 e. The predicted molar refractivity (Wildman–Crippen MR) is 55.6 cm³/mol. The molecule has 0 bridgehead atoms. The molecule has 13 heavy (non-hydrogen) atoms. The third-order valence-corrected chi connectivity index (χ3v) is 3.18. The Balaban J connectivity index is 2.67. The zero-order chi connectivity index (χ0) is 9.26. The number of aryl methyl sites for hydroxylation is 1. The first-order valence-electron chi connectivity index (χ1n) is 4.27. The number of ether oxygens (including phenoxy) is 1. The average Bonchev–Trinajstić information content (AvgIpc) is 2.59. The molecule has 1 aromatic carbocycles. The lowest BCUT2D eigenvalue weighted by atomic mass is 10.3. The Morgan fingerprint density at radius 2 is 2.31 bits per heavy atom. The number of benzene rings is 1. The van der Waals surface area contributed by atoms with Crippen molar-refractivity contribution < 1.29 is 4.74 Å². The molecule has 0 spiro atoms. The van der Waals surface area contributed by atoms with Gasteiger partial charge in [-0.15, -0.1) is 11.3 Å². The maximum atomic E-state index is 5.26. The van der Waals surface area contributed by atoms with Gasteiger partial charge in [0.1, 0.15) is 5.75 Å². The quantitative estimate of drug-likeness (QED) is 0.731. The lowest BCUT2D eigenvalue weighted by molar-refractivity contribution is 0.420. The summed E-state index contributed by atoms with van der Waals surface area (Å²) in [7, 11) is 1.69. The van der Waals surface area contributed by atoms with Crippen LogP contribution < -0.4 is 4.74 Å². The Hall–Kier alpha value is -1.09. The van der Waals surface area contributed by atoms with E-state index >= 15 is 0 Å². The molecule has 2 nitrogen and oxygen atoms in total. The van der Waals surface area contributed by atoms with Gasteiger partial charge in [0.15, 0.2) is 0 Å². The van der Waals surface area contributed by atoms with Gasteiger partial charge in [0.25, 0.3) is 0 Å². The van der Waals surface area contributed by atoms with Crippen molar-refractivity contribution in [1.82, 2.24) is 4.98 Å². The van der Waals surface area contributed by atoms with Crippen molar-refractivity contribution >= 4 is 21.6 Å². The van der Waals surface area contributed by atoms with Crippen molar-refractivity contribution in [2.75, 3.05) is 7.11 Å². The fourth-order valence-corrected chi connectivity index (χ4v) is 2.28. The van der Waals surface area contributed by atoms with Gasteiger partial charge in [0.05, 0.1) is 22.3 Å². The first-order valence-corrected chi connectivity index (χ1v) is 5.09. The topological polar surface area (TPSA) is 22.1 Å². The summed E-state index contributed by atoms with van der Waals surface area (Å²) in [6.45, 7) is 2.12. The van der Waals surface area contributed by atoms with E-state index in [1.165, 1.54) is 5.01 Å². The van der Waals surface area contributed by atoms with Gasteiger partial charge in [-0.1, -0.05) is 13.0 Å². The van der Waals surface area contributed by atoms with Crippen LogP contribution >= 0.6 is 11.3 Å². The van der Waals surface area contributed by atoms with Crippen molar-refractivity contribution in [3.8, 4) is 5.75 Å². The molecule has 1 aromatic heterocycles. The third kappa shape index (κ3) is 1.40. The molecule has 0 unspecified atom stereocenters. The lowest BCUT2D eigenvalue weighted by Gasteiger charge is -1.97. The van der Waals surface area contributed by atoms with Crippen molar-refractivity contribution in [2.24, 2.45) is 0 Å². The normalized spacial score (nSPS) is 10.6. The van der Waals surface area contributed by atoms with Gasteiger partial charge < -0.3 is 4.74 Å². The number of thiazole rings is 1. The van der Waals surface area contributed by atoms with Crippen LogP contribution in [0.15, 0.2) is 18.2 Å². The SMILES string of the molecule is CCc1nc2cccc(OC)c2s1. The molecular formula is C10H11NOS. The Bertz CT molecular complexity index is 422. The molecular weight excluding hydrogens is 182 g/mol. The predicted octanol–water partition coefficient (Wildman–Crippen LogP) is 2.87. The molecule has 0 aliphatic carbocycles. The van der Waals surface area contributed by atoms with Crippen LogP contribution in [0.3, 0.4) is 0 Å². The summed E-state index contributed by atoms with van der Waals surface area (Å²) in [6, 6.07) is 5.97. The molecule has 0 atom stereocenters. The van der Waals surface area contributed by atoms with E-state index in [4.69, 9.17) is 4.74 Å². The van der Waals surface area contributed by atoms with E-state index in [0.29, 0.717) is 0 Å². The fraction of sp³-hybridized carbons (Fsp3) is 0.300. The summed E-state index contributed by atoms with van der Waals surface area (Å²) in [4.78, 5) is 4.48. The second kappa shape index (κ2) is 3.34. The molecule has 0 amide bonds. The van der Waals surface area contributed by atoms with Gasteiger partial charge in [-0.05, 0) is 18.6 Å². The van der Waals surface area contributed by atoms with Crippen molar-refractivity contribution in [3.63, 3.8) is 0 Å². The van der Waals surface area contributed by atoms with Crippen molar-refractivity contribution in [2.45, 2.75) is 13.3 Å². The number of aromatic nitrogens is 1. The van der Waals surface area contributed by atoms with Crippen LogP contribution in [0.4, 0.5) is 0 Å². The highest BCUT2D eigenvalue weighted by Crippen LogP contribution is 2.30. The van der Waals surface area contributed by atoms with E-state index in [0.717, 1.165) is 22.4 Å². The summed E-state index contributed by atoms with van der Waals surface area (Å²) in [6.07, 6.45) is 0.989. The molecule has 2 rings (SSSR count).